The van der Waals surface area contributed by atoms with Crippen LogP contribution < -0.4 is 11.1 Å². The van der Waals surface area contributed by atoms with E-state index in [-0.39, 0.29) is 11.6 Å². The maximum atomic E-state index is 11.1. The van der Waals surface area contributed by atoms with Crippen molar-refractivity contribution in [3.63, 3.8) is 0 Å². The fourth-order valence-electron chi connectivity index (χ4n) is 2.41. The first-order valence-electron chi connectivity index (χ1n) is 5.29. The summed E-state index contributed by atoms with van der Waals surface area (Å²) in [4.78, 5) is 14.9. The normalized spacial score (nSPS) is 37.9. The number of urea groups is 1. The van der Waals surface area contributed by atoms with Gasteiger partial charge in [-0.2, -0.15) is 4.99 Å². The van der Waals surface area contributed by atoms with E-state index in [9.17, 15) is 4.79 Å². The highest BCUT2D eigenvalue weighted by atomic mass is 16.2. The van der Waals surface area contributed by atoms with Crippen LogP contribution in [-0.4, -0.2) is 17.4 Å². The molecule has 14 heavy (non-hydrogen) atoms. The van der Waals surface area contributed by atoms with Gasteiger partial charge in [0.25, 0.3) is 0 Å². The molecule has 2 unspecified atom stereocenters. The van der Waals surface area contributed by atoms with Crippen LogP contribution in [0.1, 0.15) is 39.0 Å². The van der Waals surface area contributed by atoms with E-state index in [2.05, 4.69) is 17.2 Å². The smallest absolute Gasteiger partial charge is 0.343 e. The van der Waals surface area contributed by atoms with Crippen LogP contribution in [0.2, 0.25) is 0 Å². The van der Waals surface area contributed by atoms with Gasteiger partial charge >= 0.3 is 6.03 Å². The molecule has 1 aliphatic heterocycles. The maximum Gasteiger partial charge on any atom is 0.343 e. The van der Waals surface area contributed by atoms with Gasteiger partial charge in [0.2, 0.25) is 0 Å². The molecule has 0 radical (unpaired) electrons. The quantitative estimate of drug-likeness (QED) is 0.613. The predicted octanol–water partition coefficient (Wildman–Crippen LogP) is 1.41. The summed E-state index contributed by atoms with van der Waals surface area (Å²) in [6.07, 6.45) is 5.35. The molecule has 2 aliphatic rings. The molecule has 1 spiro atoms. The number of hydrogen-bond acceptors (Lipinski definition) is 2. The lowest BCUT2D eigenvalue weighted by Crippen LogP contribution is -2.51. The lowest BCUT2D eigenvalue weighted by molar-refractivity contribution is 0.244. The zero-order valence-electron chi connectivity index (χ0n) is 8.55. The molecule has 3 N–H and O–H groups in total. The molecular weight excluding hydrogens is 178 g/mol. The molecule has 2 amide bonds. The minimum atomic E-state index is -0.304. The Morgan fingerprint density at radius 2 is 2.29 bits per heavy atom. The lowest BCUT2D eigenvalue weighted by atomic mass is 9.89. The van der Waals surface area contributed by atoms with Gasteiger partial charge in [0.1, 0.15) is 5.84 Å². The van der Waals surface area contributed by atoms with Crippen molar-refractivity contribution in [1.29, 1.82) is 0 Å². The summed E-state index contributed by atoms with van der Waals surface area (Å²) in [7, 11) is 0. The Labute approximate surface area is 84.0 Å². The highest BCUT2D eigenvalue weighted by Gasteiger charge is 2.41. The summed E-state index contributed by atoms with van der Waals surface area (Å²) in [5.41, 5.74) is 5.51. The van der Waals surface area contributed by atoms with E-state index in [1.807, 2.05) is 0 Å². The average molecular weight is 195 g/mol. The van der Waals surface area contributed by atoms with E-state index < -0.39 is 0 Å². The Hall–Kier alpha value is -1.06. The van der Waals surface area contributed by atoms with Gasteiger partial charge < -0.3 is 11.1 Å². The van der Waals surface area contributed by atoms with Crippen molar-refractivity contribution in [3.8, 4) is 0 Å². The highest BCUT2D eigenvalue weighted by Crippen LogP contribution is 2.32. The molecule has 0 saturated heterocycles. The van der Waals surface area contributed by atoms with Crippen LogP contribution in [0.25, 0.3) is 0 Å². The van der Waals surface area contributed by atoms with Crippen LogP contribution in [0.15, 0.2) is 4.99 Å². The van der Waals surface area contributed by atoms with Crippen molar-refractivity contribution in [3.05, 3.63) is 0 Å². The lowest BCUT2D eigenvalue weighted by Gasteiger charge is -2.27. The number of rotatable bonds is 0. The molecule has 1 fully saturated rings. The van der Waals surface area contributed by atoms with Crippen LogP contribution in [0, 0.1) is 5.92 Å². The van der Waals surface area contributed by atoms with Crippen molar-refractivity contribution in [1.82, 2.24) is 5.32 Å². The fourth-order valence-corrected chi connectivity index (χ4v) is 2.41. The summed E-state index contributed by atoms with van der Waals surface area (Å²) in [5.74, 6) is 1.23. The van der Waals surface area contributed by atoms with Gasteiger partial charge in [-0.3, -0.25) is 0 Å². The summed E-state index contributed by atoms with van der Waals surface area (Å²) < 4.78 is 0. The van der Waals surface area contributed by atoms with E-state index in [1.54, 1.807) is 0 Å². The summed E-state index contributed by atoms with van der Waals surface area (Å²) in [5, 5.41) is 2.91. The Kier molecular flexibility index (Phi) is 2.21. The van der Waals surface area contributed by atoms with E-state index in [1.165, 1.54) is 6.42 Å². The highest BCUT2D eigenvalue weighted by molar-refractivity contribution is 6.05. The van der Waals surface area contributed by atoms with Crippen LogP contribution in [0.5, 0.6) is 0 Å². The number of nitrogens with two attached hydrogens (primary N) is 1. The average Bonchev–Trinajstić information content (AvgIpc) is 2.31. The van der Waals surface area contributed by atoms with Crippen LogP contribution in [0.3, 0.4) is 0 Å². The third-order valence-electron chi connectivity index (χ3n) is 3.42. The molecule has 78 valence electrons. The number of amides is 2. The van der Waals surface area contributed by atoms with E-state index in [0.717, 1.165) is 31.6 Å². The minimum Gasteiger partial charge on any atom is -0.385 e. The number of carbonyl (C=O) groups is 1. The summed E-state index contributed by atoms with van der Waals surface area (Å²) in [6, 6.07) is -0.267. The van der Waals surface area contributed by atoms with Crippen LogP contribution in [0.4, 0.5) is 4.79 Å². The second kappa shape index (κ2) is 3.26. The molecule has 0 aromatic rings. The topological polar surface area (TPSA) is 67.5 Å². The number of hydrogen-bond donors (Lipinski definition) is 2. The monoisotopic (exact) mass is 195 g/mol. The Morgan fingerprint density at radius 3 is 2.93 bits per heavy atom. The molecule has 2 atom stereocenters. The molecule has 0 aromatic carbocycles. The number of nitrogens with one attached hydrogen (secondary N) is 1. The molecule has 1 aliphatic carbocycles. The number of nitrogens with zero attached hydrogens (tertiary/aromatic N) is 1. The molecular formula is C10H17N3O. The summed E-state index contributed by atoms with van der Waals surface area (Å²) >= 11 is 0. The van der Waals surface area contributed by atoms with Gasteiger partial charge in [0.15, 0.2) is 0 Å². The van der Waals surface area contributed by atoms with E-state index in [0.29, 0.717) is 5.84 Å². The molecule has 0 aromatic heterocycles. The van der Waals surface area contributed by atoms with Gasteiger partial charge in [0.05, 0.1) is 5.54 Å². The van der Waals surface area contributed by atoms with Crippen molar-refractivity contribution in [2.24, 2.45) is 16.6 Å². The van der Waals surface area contributed by atoms with Crippen LogP contribution >= 0.6 is 0 Å². The molecule has 4 nitrogen and oxygen atoms in total. The molecule has 0 bridgehead atoms. The third kappa shape index (κ3) is 1.49. The number of carbonyl (C=O) groups excluding carboxylic acids is 1. The van der Waals surface area contributed by atoms with Gasteiger partial charge in [-0.15, -0.1) is 0 Å². The second-order valence-corrected chi connectivity index (χ2v) is 4.55. The molecule has 1 heterocycles. The Balaban J connectivity index is 2.16. The van der Waals surface area contributed by atoms with Crippen molar-refractivity contribution in [2.75, 3.05) is 0 Å². The first-order chi connectivity index (χ1) is 6.62. The molecule has 1 saturated carbocycles. The molecule has 2 rings (SSSR count). The first kappa shape index (κ1) is 9.49. The largest absolute Gasteiger partial charge is 0.385 e. The van der Waals surface area contributed by atoms with Gasteiger partial charge in [-0.25, -0.2) is 4.79 Å². The van der Waals surface area contributed by atoms with Gasteiger partial charge in [0, 0.05) is 0 Å². The fraction of sp³-hybridized carbons (Fsp3) is 0.800. The van der Waals surface area contributed by atoms with Crippen LogP contribution in [-0.2, 0) is 0 Å². The Morgan fingerprint density at radius 1 is 1.50 bits per heavy atom. The van der Waals surface area contributed by atoms with Gasteiger partial charge in [-0.05, 0) is 25.2 Å². The van der Waals surface area contributed by atoms with E-state index in [4.69, 9.17) is 5.73 Å². The SMILES string of the molecule is CC1CCCC2(CC1)NC(=O)N=C2N. The van der Waals surface area contributed by atoms with Crippen molar-refractivity contribution in [2.45, 2.75) is 44.6 Å². The Bertz CT molecular complexity index is 287. The zero-order valence-corrected chi connectivity index (χ0v) is 8.55. The number of aliphatic imine (C=N–C) groups is 1. The van der Waals surface area contributed by atoms with Gasteiger partial charge in [-0.1, -0.05) is 19.8 Å². The second-order valence-electron chi connectivity index (χ2n) is 4.55. The third-order valence-corrected chi connectivity index (χ3v) is 3.42. The molecule has 4 heteroatoms. The van der Waals surface area contributed by atoms with E-state index >= 15 is 0 Å². The zero-order chi connectivity index (χ0) is 10.2. The predicted molar refractivity (Wildman–Crippen MR) is 55.1 cm³/mol. The van der Waals surface area contributed by atoms with Crippen molar-refractivity contribution < 1.29 is 4.79 Å². The maximum absolute atomic E-state index is 11.1. The minimum absolute atomic E-state index is 0.267. The number of amidine groups is 1. The first-order valence-corrected chi connectivity index (χ1v) is 5.29. The standard InChI is InChI=1S/C10H17N3O/c1-7-3-2-5-10(6-4-7)8(11)12-9(14)13-10/h7H,2-6H2,1H3,(H3,11,12,13,14). The summed E-state index contributed by atoms with van der Waals surface area (Å²) in [6.45, 7) is 2.25. The van der Waals surface area contributed by atoms with Crippen molar-refractivity contribution >= 4 is 11.9 Å².